The molecule has 0 saturated carbocycles. The lowest BCUT2D eigenvalue weighted by Gasteiger charge is -2.32. The summed E-state index contributed by atoms with van der Waals surface area (Å²) in [5, 5.41) is 0. The van der Waals surface area contributed by atoms with Gasteiger partial charge in [-0.3, -0.25) is 0 Å². The number of piperidine rings is 1. The normalized spacial score (nSPS) is 17.7. The minimum Gasteiger partial charge on any atom is -0.465 e. The van der Waals surface area contributed by atoms with Gasteiger partial charge in [0, 0.05) is 6.54 Å². The van der Waals surface area contributed by atoms with Crippen LogP contribution in [0.25, 0.3) is 0 Å². The van der Waals surface area contributed by atoms with E-state index >= 15 is 0 Å². The zero-order chi connectivity index (χ0) is 20.1. The van der Waals surface area contributed by atoms with Gasteiger partial charge < -0.3 is 9.47 Å². The monoisotopic (exact) mass is 403 g/mol. The van der Waals surface area contributed by atoms with Gasteiger partial charge in [-0.25, -0.2) is 18.0 Å². The van der Waals surface area contributed by atoms with E-state index in [4.69, 9.17) is 4.74 Å². The Hall–Kier alpha value is -2.71. The highest BCUT2D eigenvalue weighted by molar-refractivity contribution is 7.89. The van der Waals surface area contributed by atoms with Crippen LogP contribution in [0.5, 0.6) is 5.75 Å². The summed E-state index contributed by atoms with van der Waals surface area (Å²) in [4.78, 5) is 24.3. The molecule has 1 fully saturated rings. The van der Waals surface area contributed by atoms with Crippen molar-refractivity contribution < 1.29 is 27.5 Å². The van der Waals surface area contributed by atoms with Gasteiger partial charge >= 0.3 is 11.9 Å². The second-order valence-corrected chi connectivity index (χ2v) is 8.27. The van der Waals surface area contributed by atoms with Crippen molar-refractivity contribution in [2.45, 2.75) is 30.2 Å². The zero-order valence-corrected chi connectivity index (χ0v) is 16.2. The highest BCUT2D eigenvalue weighted by atomic mass is 32.2. The molecule has 0 bridgehead atoms. The van der Waals surface area contributed by atoms with E-state index in [2.05, 4.69) is 4.74 Å². The van der Waals surface area contributed by atoms with E-state index in [9.17, 15) is 18.0 Å². The maximum Gasteiger partial charge on any atom is 0.337 e. The first-order valence-electron chi connectivity index (χ1n) is 8.90. The van der Waals surface area contributed by atoms with Gasteiger partial charge in [0.2, 0.25) is 10.0 Å². The number of nitrogens with zero attached hydrogens (tertiary/aromatic N) is 1. The van der Waals surface area contributed by atoms with Crippen molar-refractivity contribution in [2.24, 2.45) is 0 Å². The molecule has 1 saturated heterocycles. The predicted octanol–water partition coefficient (Wildman–Crippen LogP) is 2.62. The fourth-order valence-corrected chi connectivity index (χ4v) is 4.79. The molecule has 0 N–H and O–H groups in total. The molecule has 8 heteroatoms. The lowest BCUT2D eigenvalue weighted by Crippen LogP contribution is -2.49. The van der Waals surface area contributed by atoms with E-state index in [1.54, 1.807) is 18.2 Å². The molecule has 3 rings (SSSR count). The number of hydrogen-bond acceptors (Lipinski definition) is 6. The molecular formula is C20H21NO6S. The van der Waals surface area contributed by atoms with Crippen LogP contribution >= 0.6 is 0 Å². The van der Waals surface area contributed by atoms with Gasteiger partial charge in [0.05, 0.1) is 17.6 Å². The Bertz CT molecular complexity index is 940. The highest BCUT2D eigenvalue weighted by Crippen LogP contribution is 2.26. The number of methoxy groups -OCH3 is 1. The van der Waals surface area contributed by atoms with E-state index in [1.807, 2.05) is 0 Å². The van der Waals surface area contributed by atoms with E-state index in [0.717, 1.165) is 6.42 Å². The molecular weight excluding hydrogens is 382 g/mol. The number of benzene rings is 2. The Labute approximate surface area is 163 Å². The first-order valence-corrected chi connectivity index (χ1v) is 10.3. The molecule has 0 spiro atoms. The average molecular weight is 403 g/mol. The molecule has 0 amide bonds. The van der Waals surface area contributed by atoms with Crippen molar-refractivity contribution >= 4 is 22.0 Å². The summed E-state index contributed by atoms with van der Waals surface area (Å²) in [6.45, 7) is 0.262. The van der Waals surface area contributed by atoms with Crippen molar-refractivity contribution in [1.82, 2.24) is 4.31 Å². The molecule has 1 atom stereocenters. The Morgan fingerprint density at radius 3 is 2.32 bits per heavy atom. The quantitative estimate of drug-likeness (QED) is 0.563. The first-order chi connectivity index (χ1) is 13.4. The molecule has 1 aliphatic heterocycles. The summed E-state index contributed by atoms with van der Waals surface area (Å²) in [5.41, 5.74) is 0.327. The molecule has 1 heterocycles. The van der Waals surface area contributed by atoms with Crippen LogP contribution in [0.3, 0.4) is 0 Å². The van der Waals surface area contributed by atoms with Crippen LogP contribution < -0.4 is 4.74 Å². The largest absolute Gasteiger partial charge is 0.465 e. The van der Waals surface area contributed by atoms with Crippen LogP contribution in [0.2, 0.25) is 0 Å². The number of sulfonamides is 1. The molecule has 2 aromatic rings. The van der Waals surface area contributed by atoms with Crippen LogP contribution in [0.15, 0.2) is 59.5 Å². The predicted molar refractivity (Wildman–Crippen MR) is 101 cm³/mol. The molecule has 0 aliphatic carbocycles. The highest BCUT2D eigenvalue weighted by Gasteiger charge is 2.38. The van der Waals surface area contributed by atoms with Crippen LogP contribution in [0.1, 0.15) is 29.6 Å². The molecule has 1 aliphatic rings. The smallest absolute Gasteiger partial charge is 0.337 e. The van der Waals surface area contributed by atoms with Crippen molar-refractivity contribution in [3.05, 3.63) is 60.2 Å². The molecule has 7 nitrogen and oxygen atoms in total. The summed E-state index contributed by atoms with van der Waals surface area (Å²) >= 11 is 0. The SMILES string of the molecule is COC(=O)c1ccc(OC(=O)C2CCCCN2S(=O)(=O)c2ccccc2)cc1. The van der Waals surface area contributed by atoms with Gasteiger partial charge in [-0.2, -0.15) is 4.31 Å². The molecule has 1 unspecified atom stereocenters. The lowest BCUT2D eigenvalue weighted by atomic mass is 10.1. The van der Waals surface area contributed by atoms with Crippen molar-refractivity contribution in [1.29, 1.82) is 0 Å². The maximum atomic E-state index is 13.0. The summed E-state index contributed by atoms with van der Waals surface area (Å²) in [5.74, 6) is -0.893. The van der Waals surface area contributed by atoms with Gasteiger partial charge in [-0.1, -0.05) is 18.2 Å². The fourth-order valence-electron chi connectivity index (χ4n) is 3.12. The van der Waals surface area contributed by atoms with Crippen LogP contribution in [0.4, 0.5) is 0 Å². The molecule has 28 heavy (non-hydrogen) atoms. The number of hydrogen-bond donors (Lipinski definition) is 0. The van der Waals surface area contributed by atoms with Gasteiger partial charge in [0.15, 0.2) is 0 Å². The van der Waals surface area contributed by atoms with Crippen molar-refractivity contribution in [3.63, 3.8) is 0 Å². The number of rotatable bonds is 5. The lowest BCUT2D eigenvalue weighted by molar-refractivity contribution is -0.139. The summed E-state index contributed by atoms with van der Waals surface area (Å²) in [6.07, 6.45) is 1.82. The molecule has 148 valence electrons. The summed E-state index contributed by atoms with van der Waals surface area (Å²) < 4.78 is 37.2. The second kappa shape index (κ2) is 8.53. The average Bonchev–Trinajstić information content (AvgIpc) is 2.74. The Balaban J connectivity index is 1.78. The maximum absolute atomic E-state index is 13.0. The Morgan fingerprint density at radius 2 is 1.68 bits per heavy atom. The summed E-state index contributed by atoms with van der Waals surface area (Å²) in [7, 11) is -2.52. The zero-order valence-electron chi connectivity index (χ0n) is 15.4. The fraction of sp³-hybridized carbons (Fsp3) is 0.300. The second-order valence-electron chi connectivity index (χ2n) is 6.38. The Morgan fingerprint density at radius 1 is 1.00 bits per heavy atom. The van der Waals surface area contributed by atoms with E-state index in [-0.39, 0.29) is 17.2 Å². The van der Waals surface area contributed by atoms with Crippen molar-refractivity contribution in [3.8, 4) is 5.75 Å². The number of carbonyl (C=O) groups is 2. The third-order valence-corrected chi connectivity index (χ3v) is 6.49. The van der Waals surface area contributed by atoms with E-state index < -0.39 is 28.0 Å². The minimum absolute atomic E-state index is 0.150. The number of ether oxygens (including phenoxy) is 2. The van der Waals surface area contributed by atoms with Gasteiger partial charge in [0.1, 0.15) is 11.8 Å². The van der Waals surface area contributed by atoms with Crippen LogP contribution in [-0.2, 0) is 19.6 Å². The number of carbonyl (C=O) groups excluding carboxylic acids is 2. The molecule has 2 aromatic carbocycles. The Kier molecular flexibility index (Phi) is 6.11. The van der Waals surface area contributed by atoms with Crippen LogP contribution in [-0.4, -0.2) is 44.4 Å². The van der Waals surface area contributed by atoms with Crippen molar-refractivity contribution in [2.75, 3.05) is 13.7 Å². The molecule has 0 aromatic heterocycles. The van der Waals surface area contributed by atoms with E-state index in [0.29, 0.717) is 18.4 Å². The first kappa shape index (κ1) is 20.0. The summed E-state index contributed by atoms with van der Waals surface area (Å²) in [6, 6.07) is 13.1. The molecule has 0 radical (unpaired) electrons. The van der Waals surface area contributed by atoms with Gasteiger partial charge in [0.25, 0.3) is 0 Å². The van der Waals surface area contributed by atoms with Gasteiger partial charge in [-0.15, -0.1) is 0 Å². The third-order valence-electron chi connectivity index (χ3n) is 4.57. The number of esters is 2. The topological polar surface area (TPSA) is 90.0 Å². The minimum atomic E-state index is -3.80. The standard InChI is InChI=1S/C20H21NO6S/c1-26-19(22)15-10-12-16(13-11-15)27-20(23)18-9-5-6-14-21(18)28(24,25)17-7-3-2-4-8-17/h2-4,7-8,10-13,18H,5-6,9,14H2,1H3. The van der Waals surface area contributed by atoms with Crippen LogP contribution in [0, 0.1) is 0 Å². The van der Waals surface area contributed by atoms with E-state index in [1.165, 1.54) is 47.8 Å². The third kappa shape index (κ3) is 4.23. The van der Waals surface area contributed by atoms with Gasteiger partial charge in [-0.05, 0) is 55.7 Å².